The van der Waals surface area contributed by atoms with Gasteiger partial charge in [0.05, 0.1) is 11.4 Å². The fourth-order valence-electron chi connectivity index (χ4n) is 3.91. The van der Waals surface area contributed by atoms with Gasteiger partial charge in [0.15, 0.2) is 0 Å². The van der Waals surface area contributed by atoms with Crippen LogP contribution in [0.1, 0.15) is 6.92 Å². The van der Waals surface area contributed by atoms with Crippen LogP contribution in [-0.2, 0) is 0 Å². The molecule has 0 saturated carbocycles. The summed E-state index contributed by atoms with van der Waals surface area (Å²) in [5.41, 5.74) is 1.80. The quantitative estimate of drug-likeness (QED) is 0.751. The molecule has 1 N–H and O–H groups in total. The van der Waals surface area contributed by atoms with Gasteiger partial charge in [-0.2, -0.15) is 0 Å². The summed E-state index contributed by atoms with van der Waals surface area (Å²) in [5, 5.41) is 3.36. The molecule has 0 radical (unpaired) electrons. The number of piperazine rings is 1. The Labute approximate surface area is 173 Å². The molecule has 2 aromatic rings. The number of nitrogens with zero attached hydrogens (tertiary/aromatic N) is 2. The molecule has 2 aliphatic heterocycles. The Balaban J connectivity index is 1.60. The van der Waals surface area contributed by atoms with Crippen molar-refractivity contribution in [3.8, 4) is 5.75 Å². The van der Waals surface area contributed by atoms with E-state index < -0.39 is 6.36 Å². The van der Waals surface area contributed by atoms with Crippen LogP contribution in [0.15, 0.2) is 52.3 Å². The van der Waals surface area contributed by atoms with Gasteiger partial charge in [-0.05, 0) is 30.2 Å². The minimum atomic E-state index is -4.70. The van der Waals surface area contributed by atoms with Gasteiger partial charge in [0.2, 0.25) is 0 Å². The lowest BCUT2D eigenvalue weighted by atomic mass is 10.1. The van der Waals surface area contributed by atoms with Crippen molar-refractivity contribution >= 4 is 23.1 Å². The van der Waals surface area contributed by atoms with Gasteiger partial charge in [-0.25, -0.2) is 0 Å². The zero-order chi connectivity index (χ0) is 20.4. The first kappa shape index (κ1) is 20.4. The molecule has 156 valence electrons. The Morgan fingerprint density at radius 2 is 1.76 bits per heavy atom. The van der Waals surface area contributed by atoms with Crippen molar-refractivity contribution in [1.29, 1.82) is 0 Å². The van der Waals surface area contributed by atoms with Crippen molar-refractivity contribution < 1.29 is 17.9 Å². The topological polar surface area (TPSA) is 27.7 Å². The van der Waals surface area contributed by atoms with Gasteiger partial charge in [0, 0.05) is 55.1 Å². The lowest BCUT2D eigenvalue weighted by molar-refractivity contribution is -0.274. The number of benzene rings is 2. The number of hydrogen-bond acceptors (Lipinski definition) is 5. The van der Waals surface area contributed by atoms with Crippen LogP contribution in [0.5, 0.6) is 5.75 Å². The number of hydrogen-bond donors (Lipinski definition) is 1. The van der Waals surface area contributed by atoms with Crippen LogP contribution in [0.4, 0.5) is 24.5 Å². The molecular formula is C21H24F3N3OS. The number of alkyl halides is 3. The Bertz CT molecular complexity index is 855. The standard InChI is InChI=1S/C21H24F3N3OS/c1-15(13-26-10-8-25-9-11-26)14-27-17-4-2-3-5-19(17)29-20-7-6-16(12-18(20)27)28-21(22,23)24/h2-7,12,15,25H,8-11,13-14H2,1H3. The molecule has 0 aliphatic carbocycles. The normalized spacial score (nSPS) is 18.1. The van der Waals surface area contributed by atoms with Crippen molar-refractivity contribution in [2.75, 3.05) is 44.2 Å². The lowest BCUT2D eigenvalue weighted by Gasteiger charge is -2.36. The summed E-state index contributed by atoms with van der Waals surface area (Å²) in [6, 6.07) is 12.6. The van der Waals surface area contributed by atoms with Crippen molar-refractivity contribution in [1.82, 2.24) is 10.2 Å². The number of para-hydroxylation sites is 1. The van der Waals surface area contributed by atoms with Crippen LogP contribution in [0, 0.1) is 5.92 Å². The maximum absolute atomic E-state index is 12.7. The van der Waals surface area contributed by atoms with E-state index in [1.165, 1.54) is 12.1 Å². The summed E-state index contributed by atoms with van der Waals surface area (Å²) in [5.74, 6) is 0.167. The SMILES string of the molecule is CC(CN1CCNCC1)CN1c2ccccc2Sc2ccc(OC(F)(F)F)cc21. The number of anilines is 2. The number of rotatable bonds is 5. The lowest BCUT2D eigenvalue weighted by Crippen LogP contribution is -2.46. The minimum absolute atomic E-state index is 0.184. The molecule has 4 nitrogen and oxygen atoms in total. The van der Waals surface area contributed by atoms with Gasteiger partial charge in [0.25, 0.3) is 0 Å². The summed E-state index contributed by atoms with van der Waals surface area (Å²) in [6.45, 7) is 7.93. The highest BCUT2D eigenvalue weighted by Gasteiger charge is 2.32. The average Bonchev–Trinajstić information content (AvgIpc) is 2.68. The first-order valence-corrected chi connectivity index (χ1v) is 10.6. The molecular weight excluding hydrogens is 399 g/mol. The third kappa shape index (κ3) is 4.99. The predicted molar refractivity (Wildman–Crippen MR) is 109 cm³/mol. The van der Waals surface area contributed by atoms with E-state index in [0.717, 1.165) is 60.4 Å². The van der Waals surface area contributed by atoms with Crippen LogP contribution < -0.4 is 15.0 Å². The second-order valence-electron chi connectivity index (χ2n) is 7.51. The second-order valence-corrected chi connectivity index (χ2v) is 8.60. The van der Waals surface area contributed by atoms with E-state index in [1.54, 1.807) is 17.8 Å². The molecule has 2 aromatic carbocycles. The number of fused-ring (bicyclic) bond motifs is 2. The van der Waals surface area contributed by atoms with Gasteiger partial charge in [-0.3, -0.25) is 0 Å². The van der Waals surface area contributed by atoms with E-state index in [9.17, 15) is 13.2 Å². The van der Waals surface area contributed by atoms with Crippen molar-refractivity contribution in [3.05, 3.63) is 42.5 Å². The molecule has 0 bridgehead atoms. The van der Waals surface area contributed by atoms with E-state index in [4.69, 9.17) is 0 Å². The first-order valence-electron chi connectivity index (χ1n) is 9.76. The molecule has 0 aromatic heterocycles. The maximum atomic E-state index is 12.7. The Kier molecular flexibility index (Phi) is 5.94. The smallest absolute Gasteiger partial charge is 0.406 e. The predicted octanol–water partition coefficient (Wildman–Crippen LogP) is 4.73. The zero-order valence-electron chi connectivity index (χ0n) is 16.2. The Hall–Kier alpha value is -1.90. The zero-order valence-corrected chi connectivity index (χ0v) is 17.0. The number of ether oxygens (including phenoxy) is 1. The van der Waals surface area contributed by atoms with E-state index in [0.29, 0.717) is 5.92 Å². The highest BCUT2D eigenvalue weighted by Crippen LogP contribution is 2.49. The van der Waals surface area contributed by atoms with Gasteiger partial charge >= 0.3 is 6.36 Å². The first-order chi connectivity index (χ1) is 13.9. The second kappa shape index (κ2) is 8.45. The van der Waals surface area contributed by atoms with Gasteiger partial charge in [0.1, 0.15) is 5.75 Å². The molecule has 4 rings (SSSR count). The molecule has 0 amide bonds. The van der Waals surface area contributed by atoms with Crippen molar-refractivity contribution in [3.63, 3.8) is 0 Å². The van der Waals surface area contributed by atoms with Crippen LogP contribution in [0.25, 0.3) is 0 Å². The molecule has 2 aliphatic rings. The van der Waals surface area contributed by atoms with E-state index >= 15 is 0 Å². The maximum Gasteiger partial charge on any atom is 0.573 e. The summed E-state index contributed by atoms with van der Waals surface area (Å²) < 4.78 is 42.4. The summed E-state index contributed by atoms with van der Waals surface area (Å²) in [6.07, 6.45) is -4.70. The summed E-state index contributed by atoms with van der Waals surface area (Å²) in [4.78, 5) is 6.62. The monoisotopic (exact) mass is 423 g/mol. The molecule has 1 fully saturated rings. The van der Waals surface area contributed by atoms with Crippen LogP contribution in [0.2, 0.25) is 0 Å². The molecule has 29 heavy (non-hydrogen) atoms. The molecule has 0 spiro atoms. The van der Waals surface area contributed by atoms with E-state index in [1.807, 2.05) is 18.2 Å². The molecule has 1 atom stereocenters. The number of halogens is 3. The largest absolute Gasteiger partial charge is 0.573 e. The van der Waals surface area contributed by atoms with Crippen molar-refractivity contribution in [2.45, 2.75) is 23.1 Å². The van der Waals surface area contributed by atoms with E-state index in [2.05, 4.69) is 32.8 Å². The third-order valence-electron chi connectivity index (χ3n) is 5.10. The van der Waals surface area contributed by atoms with Gasteiger partial charge in [-0.1, -0.05) is 30.8 Å². The molecule has 1 saturated heterocycles. The summed E-state index contributed by atoms with van der Waals surface area (Å²) >= 11 is 1.58. The van der Waals surface area contributed by atoms with Crippen LogP contribution >= 0.6 is 11.8 Å². The average molecular weight is 424 g/mol. The third-order valence-corrected chi connectivity index (χ3v) is 6.23. The molecule has 1 unspecified atom stereocenters. The van der Waals surface area contributed by atoms with Crippen LogP contribution in [-0.4, -0.2) is 50.5 Å². The number of nitrogens with one attached hydrogen (secondary N) is 1. The van der Waals surface area contributed by atoms with Crippen molar-refractivity contribution in [2.24, 2.45) is 5.92 Å². The molecule has 2 heterocycles. The highest BCUT2D eigenvalue weighted by molar-refractivity contribution is 7.99. The van der Waals surface area contributed by atoms with Crippen LogP contribution in [0.3, 0.4) is 0 Å². The van der Waals surface area contributed by atoms with E-state index in [-0.39, 0.29) is 5.75 Å². The van der Waals surface area contributed by atoms with Gasteiger partial charge < -0.3 is 19.9 Å². The Morgan fingerprint density at radius 1 is 1.03 bits per heavy atom. The fourth-order valence-corrected chi connectivity index (χ4v) is 4.98. The Morgan fingerprint density at radius 3 is 2.52 bits per heavy atom. The highest BCUT2D eigenvalue weighted by atomic mass is 32.2. The molecule has 8 heteroatoms. The van der Waals surface area contributed by atoms with Gasteiger partial charge in [-0.15, -0.1) is 13.2 Å². The fraction of sp³-hybridized carbons (Fsp3) is 0.429. The minimum Gasteiger partial charge on any atom is -0.406 e. The summed E-state index contributed by atoms with van der Waals surface area (Å²) in [7, 11) is 0.